The molecule has 2 heterocycles. The van der Waals surface area contributed by atoms with Crippen LogP contribution in [0.25, 0.3) is 22.2 Å². The van der Waals surface area contributed by atoms with Crippen LogP contribution in [-0.2, 0) is 21.2 Å². The van der Waals surface area contributed by atoms with E-state index >= 15 is 0 Å². The fourth-order valence-electron chi connectivity index (χ4n) is 4.41. The van der Waals surface area contributed by atoms with Gasteiger partial charge in [-0.15, -0.1) is 0 Å². The molecule has 4 aromatic rings. The van der Waals surface area contributed by atoms with E-state index in [9.17, 15) is 13.2 Å². The smallest absolute Gasteiger partial charge is 0.269 e. The summed E-state index contributed by atoms with van der Waals surface area (Å²) >= 11 is 0. The molecule has 2 N–H and O–H groups in total. The molecule has 1 aliphatic rings. The molecule has 2 aromatic carbocycles. The van der Waals surface area contributed by atoms with Gasteiger partial charge in [0.25, 0.3) is 10.0 Å². The largest absolute Gasteiger partial charge is 0.369 e. The number of amides is 1. The van der Waals surface area contributed by atoms with Gasteiger partial charge in [0.15, 0.2) is 5.65 Å². The van der Waals surface area contributed by atoms with Gasteiger partial charge in [0.2, 0.25) is 5.91 Å². The van der Waals surface area contributed by atoms with Crippen molar-refractivity contribution in [3.8, 4) is 11.1 Å². The SMILES string of the molecule is NC(=O)C1CCCc2ccc(-c3cn(S(=O)(=O)c4ccccc4)c4ncccc34)cc21. The van der Waals surface area contributed by atoms with Gasteiger partial charge >= 0.3 is 0 Å². The van der Waals surface area contributed by atoms with E-state index in [4.69, 9.17) is 5.73 Å². The van der Waals surface area contributed by atoms with Crippen molar-refractivity contribution in [2.24, 2.45) is 5.73 Å². The Bertz CT molecular complexity index is 1410. The van der Waals surface area contributed by atoms with Gasteiger partial charge in [-0.2, -0.15) is 0 Å². The Kier molecular flexibility index (Phi) is 4.63. The van der Waals surface area contributed by atoms with E-state index < -0.39 is 10.0 Å². The summed E-state index contributed by atoms with van der Waals surface area (Å²) in [7, 11) is -3.81. The van der Waals surface area contributed by atoms with Gasteiger partial charge in [-0.05, 0) is 66.3 Å². The highest BCUT2D eigenvalue weighted by atomic mass is 32.2. The van der Waals surface area contributed by atoms with Crippen LogP contribution < -0.4 is 5.73 Å². The highest BCUT2D eigenvalue weighted by molar-refractivity contribution is 7.90. The number of pyridine rings is 1. The number of hydrogen-bond acceptors (Lipinski definition) is 4. The van der Waals surface area contributed by atoms with E-state index in [2.05, 4.69) is 4.98 Å². The minimum atomic E-state index is -3.81. The average molecular weight is 432 g/mol. The fraction of sp³-hybridized carbons (Fsp3) is 0.167. The molecule has 0 saturated heterocycles. The molecule has 0 radical (unpaired) electrons. The zero-order valence-electron chi connectivity index (χ0n) is 16.7. The van der Waals surface area contributed by atoms with Crippen LogP contribution in [0.2, 0.25) is 0 Å². The molecular formula is C24H21N3O3S. The summed E-state index contributed by atoms with van der Waals surface area (Å²) in [6, 6.07) is 17.9. The van der Waals surface area contributed by atoms with Crippen LogP contribution in [0.4, 0.5) is 0 Å². The predicted octanol–water partition coefficient (Wildman–Crippen LogP) is 3.85. The van der Waals surface area contributed by atoms with E-state index in [-0.39, 0.29) is 16.7 Å². The fourth-order valence-corrected chi connectivity index (χ4v) is 5.76. The maximum Gasteiger partial charge on any atom is 0.269 e. The molecule has 2 aromatic heterocycles. The quantitative estimate of drug-likeness (QED) is 0.531. The second-order valence-corrected chi connectivity index (χ2v) is 9.61. The molecule has 156 valence electrons. The molecule has 1 unspecified atom stereocenters. The molecule has 0 fully saturated rings. The van der Waals surface area contributed by atoms with Gasteiger partial charge in [0.1, 0.15) is 0 Å². The number of carbonyl (C=O) groups is 1. The Balaban J connectivity index is 1.72. The zero-order valence-corrected chi connectivity index (χ0v) is 17.5. The second-order valence-electron chi connectivity index (χ2n) is 7.79. The van der Waals surface area contributed by atoms with Crippen molar-refractivity contribution in [2.45, 2.75) is 30.1 Å². The lowest BCUT2D eigenvalue weighted by atomic mass is 9.81. The molecule has 1 aliphatic carbocycles. The highest BCUT2D eigenvalue weighted by Gasteiger charge is 2.27. The molecule has 0 saturated carbocycles. The highest BCUT2D eigenvalue weighted by Crippen LogP contribution is 2.37. The number of nitrogens with two attached hydrogens (primary N) is 1. The first-order valence-corrected chi connectivity index (χ1v) is 11.6. The van der Waals surface area contributed by atoms with Crippen LogP contribution in [0.5, 0.6) is 0 Å². The van der Waals surface area contributed by atoms with Crippen molar-refractivity contribution < 1.29 is 13.2 Å². The van der Waals surface area contributed by atoms with Crippen LogP contribution in [0.1, 0.15) is 29.9 Å². The summed E-state index contributed by atoms with van der Waals surface area (Å²) in [5.41, 5.74) is 9.67. The van der Waals surface area contributed by atoms with Gasteiger partial charge in [-0.3, -0.25) is 4.79 Å². The maximum atomic E-state index is 13.3. The van der Waals surface area contributed by atoms with E-state index in [1.807, 2.05) is 24.3 Å². The van der Waals surface area contributed by atoms with E-state index in [1.54, 1.807) is 48.8 Å². The molecule has 0 aliphatic heterocycles. The first-order chi connectivity index (χ1) is 15.0. The molecule has 6 nitrogen and oxygen atoms in total. The molecule has 31 heavy (non-hydrogen) atoms. The minimum Gasteiger partial charge on any atom is -0.369 e. The van der Waals surface area contributed by atoms with Crippen molar-refractivity contribution in [1.82, 2.24) is 8.96 Å². The van der Waals surface area contributed by atoms with E-state index in [1.165, 1.54) is 3.97 Å². The van der Waals surface area contributed by atoms with Crippen LogP contribution >= 0.6 is 0 Å². The van der Waals surface area contributed by atoms with Gasteiger partial charge in [-0.1, -0.05) is 30.3 Å². The Morgan fingerprint density at radius 3 is 2.65 bits per heavy atom. The minimum absolute atomic E-state index is 0.198. The third kappa shape index (κ3) is 3.21. The van der Waals surface area contributed by atoms with Gasteiger partial charge in [0, 0.05) is 23.3 Å². The van der Waals surface area contributed by atoms with Crippen LogP contribution in [-0.4, -0.2) is 23.3 Å². The van der Waals surface area contributed by atoms with Crippen LogP contribution in [0, 0.1) is 0 Å². The Labute approximate surface area is 180 Å². The molecular weight excluding hydrogens is 410 g/mol. The van der Waals surface area contributed by atoms with Crippen molar-refractivity contribution in [1.29, 1.82) is 0 Å². The Morgan fingerprint density at radius 2 is 1.87 bits per heavy atom. The molecule has 1 atom stereocenters. The molecule has 0 bridgehead atoms. The second kappa shape index (κ2) is 7.35. The lowest BCUT2D eigenvalue weighted by molar-refractivity contribution is -0.119. The normalized spacial score (nSPS) is 16.2. The summed E-state index contributed by atoms with van der Waals surface area (Å²) in [6.45, 7) is 0. The number of aromatic nitrogens is 2. The van der Waals surface area contributed by atoms with E-state index in [0.717, 1.165) is 46.9 Å². The summed E-state index contributed by atoms with van der Waals surface area (Å²) in [6.07, 6.45) is 5.77. The topological polar surface area (TPSA) is 95.0 Å². The van der Waals surface area contributed by atoms with Crippen LogP contribution in [0.15, 0.2) is 78.0 Å². The zero-order chi connectivity index (χ0) is 21.6. The molecule has 1 amide bonds. The Hall–Kier alpha value is -3.45. The van der Waals surface area contributed by atoms with Crippen molar-refractivity contribution in [3.05, 3.63) is 84.2 Å². The van der Waals surface area contributed by atoms with Crippen LogP contribution in [0.3, 0.4) is 0 Å². The number of aryl methyl sites for hydroxylation is 1. The number of fused-ring (bicyclic) bond motifs is 2. The lowest BCUT2D eigenvalue weighted by Crippen LogP contribution is -2.25. The Morgan fingerprint density at radius 1 is 1.06 bits per heavy atom. The summed E-state index contributed by atoms with van der Waals surface area (Å²) in [4.78, 5) is 16.6. The van der Waals surface area contributed by atoms with Crippen molar-refractivity contribution in [3.63, 3.8) is 0 Å². The summed E-state index contributed by atoms with van der Waals surface area (Å²) < 4.78 is 27.9. The lowest BCUT2D eigenvalue weighted by Gasteiger charge is -2.23. The number of primary amides is 1. The maximum absolute atomic E-state index is 13.3. The number of hydrogen-bond donors (Lipinski definition) is 1. The number of carbonyl (C=O) groups excluding carboxylic acids is 1. The summed E-state index contributed by atoms with van der Waals surface area (Å²) in [5.74, 6) is -0.642. The molecule has 0 spiro atoms. The van der Waals surface area contributed by atoms with E-state index in [0.29, 0.717) is 5.65 Å². The monoisotopic (exact) mass is 431 g/mol. The van der Waals surface area contributed by atoms with Crippen molar-refractivity contribution in [2.75, 3.05) is 0 Å². The van der Waals surface area contributed by atoms with Crippen molar-refractivity contribution >= 4 is 27.0 Å². The third-order valence-corrected chi connectivity index (χ3v) is 7.61. The third-order valence-electron chi connectivity index (χ3n) is 5.95. The van der Waals surface area contributed by atoms with Gasteiger partial charge in [0.05, 0.1) is 10.8 Å². The average Bonchev–Trinajstić information content (AvgIpc) is 3.19. The number of benzene rings is 2. The molecule has 5 rings (SSSR count). The first-order valence-electron chi connectivity index (χ1n) is 10.2. The number of nitrogens with zero attached hydrogens (tertiary/aromatic N) is 2. The first kappa shape index (κ1) is 19.5. The number of rotatable bonds is 4. The molecule has 7 heteroatoms. The van der Waals surface area contributed by atoms with Gasteiger partial charge < -0.3 is 5.73 Å². The summed E-state index contributed by atoms with van der Waals surface area (Å²) in [5, 5.41) is 0.730. The van der Waals surface area contributed by atoms with Gasteiger partial charge in [-0.25, -0.2) is 17.4 Å². The standard InChI is InChI=1S/C24H21N3O3S/c25-23(28)19-9-4-6-16-11-12-17(14-21(16)19)22-15-27(24-20(22)10-5-13-26-24)31(29,30)18-7-2-1-3-8-18/h1-3,5,7-8,10-15,19H,4,6,9H2,(H2,25,28). The predicted molar refractivity (Wildman–Crippen MR) is 119 cm³/mol.